The summed E-state index contributed by atoms with van der Waals surface area (Å²) in [7, 11) is -7.00. The molecule has 0 aliphatic carbocycles. The predicted octanol–water partition coefficient (Wildman–Crippen LogP) is 4.48. The van der Waals surface area contributed by atoms with E-state index < -0.39 is 20.5 Å². The van der Waals surface area contributed by atoms with Crippen LogP contribution < -0.4 is 10.6 Å². The first-order chi connectivity index (χ1) is 16.5. The summed E-state index contributed by atoms with van der Waals surface area (Å²) in [5, 5.41) is 9.48. The lowest BCUT2D eigenvalue weighted by atomic mass is 10.2. The van der Waals surface area contributed by atoms with Crippen LogP contribution in [-0.4, -0.2) is 41.6 Å². The van der Waals surface area contributed by atoms with E-state index in [1.165, 1.54) is 35.5 Å². The molecule has 0 atom stereocenters. The van der Waals surface area contributed by atoms with Crippen LogP contribution in [0.2, 0.25) is 5.02 Å². The second-order valence-electron chi connectivity index (χ2n) is 7.25. The molecular weight excluding hydrogens is 510 g/mol. The molecule has 0 saturated heterocycles. The summed E-state index contributed by atoms with van der Waals surface area (Å²) in [5.74, 6) is 0. The average molecular weight is 540 g/mol. The van der Waals surface area contributed by atoms with Crippen LogP contribution in [0, 0.1) is 13.8 Å². The van der Waals surface area contributed by atoms with Crippen LogP contribution in [-0.2, 0) is 20.5 Å². The molecule has 0 saturated carbocycles. The Morgan fingerprint density at radius 1 is 0.971 bits per heavy atom. The highest BCUT2D eigenvalue weighted by Crippen LogP contribution is 2.18. The number of hydrogen-bond donors (Lipinski definition) is 2. The largest absolute Gasteiger partial charge is 0.398 e. The third-order valence-corrected chi connectivity index (χ3v) is 6.95. The summed E-state index contributed by atoms with van der Waals surface area (Å²) in [5.41, 5.74) is 9.72. The zero-order valence-corrected chi connectivity index (χ0v) is 22.2. The molecule has 11 heteroatoms. The number of nitrogen functional groups attached to an aromatic ring is 1. The highest BCUT2D eigenvalue weighted by atomic mass is 35.5. The summed E-state index contributed by atoms with van der Waals surface area (Å²) >= 11 is 5.66. The van der Waals surface area contributed by atoms with Gasteiger partial charge >= 0.3 is 10.5 Å². The quantitative estimate of drug-likeness (QED) is 0.441. The van der Waals surface area contributed by atoms with Gasteiger partial charge in [-0.15, -0.1) is 0 Å². The van der Waals surface area contributed by atoms with Crippen LogP contribution in [0.4, 0.5) is 11.4 Å². The van der Waals surface area contributed by atoms with E-state index in [-0.39, 0.29) is 11.5 Å². The van der Waals surface area contributed by atoms with Gasteiger partial charge in [-0.3, -0.25) is 0 Å². The number of hydrogen-bond acceptors (Lipinski definition) is 7. The molecule has 3 aromatic carbocycles. The van der Waals surface area contributed by atoms with Gasteiger partial charge in [-0.2, -0.15) is 16.8 Å². The summed E-state index contributed by atoms with van der Waals surface area (Å²) in [6.45, 7) is 8.01. The fraction of sp³-hybridized carbons (Fsp3) is 0.250. The summed E-state index contributed by atoms with van der Waals surface area (Å²) < 4.78 is 44.8. The van der Waals surface area contributed by atoms with Gasteiger partial charge in [-0.25, -0.2) is 0 Å². The smallest absolute Gasteiger partial charge is 0.327 e. The number of anilines is 2. The van der Waals surface area contributed by atoms with E-state index >= 15 is 0 Å². The highest BCUT2D eigenvalue weighted by Gasteiger charge is 2.11. The number of aliphatic hydroxyl groups is 1. The first-order valence-corrected chi connectivity index (χ1v) is 13.4. The van der Waals surface area contributed by atoms with Crippen molar-refractivity contribution in [2.24, 2.45) is 3.77 Å². The molecule has 190 valence electrons. The zero-order chi connectivity index (χ0) is 26.4. The molecule has 0 aromatic heterocycles. The Hall–Kier alpha value is -2.92. The van der Waals surface area contributed by atoms with Gasteiger partial charge in [0.1, 0.15) is 0 Å². The first-order valence-electron chi connectivity index (χ1n) is 10.6. The zero-order valence-electron chi connectivity index (χ0n) is 19.8. The fourth-order valence-electron chi connectivity index (χ4n) is 2.79. The second kappa shape index (κ2) is 15.2. The molecule has 0 unspecified atom stereocenters. The van der Waals surface area contributed by atoms with Crippen LogP contribution in [0.25, 0.3) is 0 Å². The van der Waals surface area contributed by atoms with Crippen molar-refractivity contribution in [2.45, 2.75) is 25.7 Å². The minimum atomic E-state index is -4.05. The molecular formula is C24H30ClN3O5S2. The van der Waals surface area contributed by atoms with E-state index in [9.17, 15) is 16.8 Å². The number of nitrogens with two attached hydrogens (primary N) is 1. The van der Waals surface area contributed by atoms with Crippen molar-refractivity contribution in [3.8, 4) is 0 Å². The molecule has 3 aromatic rings. The van der Waals surface area contributed by atoms with Gasteiger partial charge in [0.05, 0.1) is 22.2 Å². The van der Waals surface area contributed by atoms with Crippen molar-refractivity contribution in [1.82, 2.24) is 0 Å². The summed E-state index contributed by atoms with van der Waals surface area (Å²) in [4.78, 5) is 2.02. The van der Waals surface area contributed by atoms with Crippen molar-refractivity contribution < 1.29 is 21.9 Å². The lowest BCUT2D eigenvalue weighted by Crippen LogP contribution is -2.26. The molecule has 0 spiro atoms. The van der Waals surface area contributed by atoms with Gasteiger partial charge in [-0.1, -0.05) is 48.0 Å². The van der Waals surface area contributed by atoms with Gasteiger partial charge in [-0.05, 0) is 72.1 Å². The highest BCUT2D eigenvalue weighted by molar-refractivity contribution is 7.94. The van der Waals surface area contributed by atoms with E-state index in [0.29, 0.717) is 17.3 Å². The molecule has 0 aliphatic rings. The van der Waals surface area contributed by atoms with Crippen LogP contribution in [0.1, 0.15) is 18.1 Å². The molecule has 8 nitrogen and oxygen atoms in total. The topological polar surface area (TPSA) is 130 Å². The van der Waals surface area contributed by atoms with Crippen molar-refractivity contribution in [3.05, 3.63) is 88.9 Å². The van der Waals surface area contributed by atoms with E-state index in [1.54, 1.807) is 12.1 Å². The maximum absolute atomic E-state index is 11.1. The maximum atomic E-state index is 11.1. The minimum Gasteiger partial charge on any atom is -0.398 e. The average Bonchev–Trinajstić information content (AvgIpc) is 2.81. The van der Waals surface area contributed by atoms with Gasteiger partial charge in [0.2, 0.25) is 0 Å². The standard InChI is InChI=1S/C11H17NO.C7H8ClN.C6H5NO4S2/c1-3-12(7-8-13)11-6-4-5-10(2)9-11;1-5-2-3-6(8)7(9)4-5;8-12(9)7-13(10,11)6-4-2-1-3-5-6/h4-6,9,13H,3,7-8H2,1-2H3;2-4H,9H2,1H3;1-5H. The van der Waals surface area contributed by atoms with Gasteiger partial charge in [0.25, 0.3) is 10.0 Å². The third-order valence-electron chi connectivity index (χ3n) is 4.47. The Morgan fingerprint density at radius 2 is 1.60 bits per heavy atom. The number of likely N-dealkylation sites (N-methyl/N-ethyl adjacent to an activating group) is 1. The lowest BCUT2D eigenvalue weighted by Gasteiger charge is -2.22. The Morgan fingerprint density at radius 3 is 2.09 bits per heavy atom. The van der Waals surface area contributed by atoms with E-state index in [2.05, 4.69) is 40.7 Å². The van der Waals surface area contributed by atoms with Crippen molar-refractivity contribution in [1.29, 1.82) is 0 Å². The lowest BCUT2D eigenvalue weighted by molar-refractivity contribution is 0.302. The predicted molar refractivity (Wildman–Crippen MR) is 142 cm³/mol. The molecule has 0 amide bonds. The van der Waals surface area contributed by atoms with Crippen LogP contribution in [0.15, 0.2) is 81.5 Å². The van der Waals surface area contributed by atoms with Gasteiger partial charge in [0, 0.05) is 18.8 Å². The van der Waals surface area contributed by atoms with Crippen LogP contribution in [0.5, 0.6) is 0 Å². The molecule has 35 heavy (non-hydrogen) atoms. The van der Waals surface area contributed by atoms with Gasteiger partial charge in [0.15, 0.2) is 0 Å². The van der Waals surface area contributed by atoms with Crippen molar-refractivity contribution in [3.63, 3.8) is 0 Å². The summed E-state index contributed by atoms with van der Waals surface area (Å²) in [6, 6.07) is 21.0. The molecule has 0 bridgehead atoms. The maximum Gasteiger partial charge on any atom is 0.327 e. The number of halogens is 1. The Labute approximate surface area is 213 Å². The number of aryl methyl sites for hydroxylation is 2. The molecule has 3 rings (SSSR count). The summed E-state index contributed by atoms with van der Waals surface area (Å²) in [6.07, 6.45) is 0. The van der Waals surface area contributed by atoms with Gasteiger partial charge < -0.3 is 15.7 Å². The number of rotatable bonds is 6. The van der Waals surface area contributed by atoms with Crippen LogP contribution >= 0.6 is 11.6 Å². The molecule has 3 N–H and O–H groups in total. The minimum absolute atomic E-state index is 0.140. The van der Waals surface area contributed by atoms with E-state index in [0.717, 1.165) is 12.1 Å². The molecule has 0 heterocycles. The molecule has 0 radical (unpaired) electrons. The Balaban J connectivity index is 0.000000267. The fourth-order valence-corrected chi connectivity index (χ4v) is 4.40. The first kappa shape index (κ1) is 30.1. The van der Waals surface area contributed by atoms with E-state index in [4.69, 9.17) is 22.4 Å². The molecule has 0 fully saturated rings. The Kier molecular flexibility index (Phi) is 13.0. The van der Waals surface area contributed by atoms with E-state index in [1.807, 2.05) is 25.1 Å². The second-order valence-corrected chi connectivity index (χ2v) is 10.1. The third kappa shape index (κ3) is 11.4. The van der Waals surface area contributed by atoms with Crippen molar-refractivity contribution >= 4 is 43.5 Å². The normalized spacial score (nSPS) is 10.2. The van der Waals surface area contributed by atoms with Crippen LogP contribution in [0.3, 0.4) is 0 Å². The number of sulfonamides is 1. The van der Waals surface area contributed by atoms with Crippen molar-refractivity contribution in [2.75, 3.05) is 30.3 Å². The number of aliphatic hydroxyl groups excluding tert-OH is 1. The molecule has 0 aliphatic heterocycles. The monoisotopic (exact) mass is 539 g/mol. The number of nitrogens with zero attached hydrogens (tertiary/aromatic N) is 2. The Bertz CT molecular complexity index is 1310. The SMILES string of the molecule is CCN(CCO)c1cccc(C)c1.Cc1ccc(Cl)c(N)c1.O=S(=O)=NS(=O)(=O)c1ccccc1. The number of benzene rings is 3.